The number of hydrogen-bond donors (Lipinski definition) is 1. The second-order valence-corrected chi connectivity index (χ2v) is 3.79. The van der Waals surface area contributed by atoms with E-state index in [1.165, 1.54) is 5.69 Å². The molecule has 0 radical (unpaired) electrons. The zero-order chi connectivity index (χ0) is 12.3. The number of hydrogen-bond acceptors (Lipinski definition) is 4. The number of benzene rings is 1. The van der Waals surface area contributed by atoms with Gasteiger partial charge in [-0.15, -0.1) is 0 Å². The quantitative estimate of drug-likeness (QED) is 0.879. The standard InChI is InChI=1S/C13H17N3O/c1-3-16(4-2)11-7-5-10(6-8-11)12-9-17-13(14)15-12/h5-9H,3-4H2,1-2H3,(H2,14,15). The van der Waals surface area contributed by atoms with Crippen molar-refractivity contribution in [3.8, 4) is 11.3 Å². The molecule has 4 heteroatoms. The normalized spacial score (nSPS) is 10.5. The van der Waals surface area contributed by atoms with E-state index in [1.807, 2.05) is 12.1 Å². The minimum atomic E-state index is 0.202. The molecular formula is C13H17N3O. The molecule has 90 valence electrons. The molecule has 0 bridgehead atoms. The lowest BCUT2D eigenvalue weighted by Gasteiger charge is -2.20. The van der Waals surface area contributed by atoms with Crippen LogP contribution in [0.1, 0.15) is 13.8 Å². The summed E-state index contributed by atoms with van der Waals surface area (Å²) in [6.45, 7) is 6.31. The first-order chi connectivity index (χ1) is 8.24. The van der Waals surface area contributed by atoms with Crippen molar-refractivity contribution < 1.29 is 4.42 Å². The lowest BCUT2D eigenvalue weighted by atomic mass is 10.1. The molecule has 0 fully saturated rings. The van der Waals surface area contributed by atoms with E-state index in [9.17, 15) is 0 Å². The van der Waals surface area contributed by atoms with Crippen molar-refractivity contribution in [1.29, 1.82) is 0 Å². The van der Waals surface area contributed by atoms with E-state index < -0.39 is 0 Å². The highest BCUT2D eigenvalue weighted by Gasteiger charge is 2.05. The molecular weight excluding hydrogens is 214 g/mol. The van der Waals surface area contributed by atoms with Crippen LogP contribution in [-0.4, -0.2) is 18.1 Å². The van der Waals surface area contributed by atoms with Crippen molar-refractivity contribution in [3.63, 3.8) is 0 Å². The Morgan fingerprint density at radius 1 is 1.18 bits per heavy atom. The summed E-state index contributed by atoms with van der Waals surface area (Å²) in [5.74, 6) is 0. The Morgan fingerprint density at radius 2 is 1.82 bits per heavy atom. The number of anilines is 2. The topological polar surface area (TPSA) is 55.3 Å². The van der Waals surface area contributed by atoms with Gasteiger partial charge in [0, 0.05) is 24.3 Å². The van der Waals surface area contributed by atoms with Gasteiger partial charge in [0.05, 0.1) is 0 Å². The monoisotopic (exact) mass is 231 g/mol. The van der Waals surface area contributed by atoms with Crippen LogP contribution in [0.15, 0.2) is 34.9 Å². The summed E-state index contributed by atoms with van der Waals surface area (Å²) in [4.78, 5) is 6.39. The number of rotatable bonds is 4. The van der Waals surface area contributed by atoms with Crippen molar-refractivity contribution in [3.05, 3.63) is 30.5 Å². The van der Waals surface area contributed by atoms with E-state index in [1.54, 1.807) is 6.26 Å². The van der Waals surface area contributed by atoms with Gasteiger partial charge in [0.15, 0.2) is 0 Å². The Labute approximate surface area is 101 Å². The smallest absolute Gasteiger partial charge is 0.292 e. The maximum absolute atomic E-state index is 5.45. The van der Waals surface area contributed by atoms with Crippen LogP contribution in [0.2, 0.25) is 0 Å². The Balaban J connectivity index is 2.23. The van der Waals surface area contributed by atoms with E-state index in [0.29, 0.717) is 0 Å². The Bertz CT molecular complexity index is 472. The average Bonchev–Trinajstić information content (AvgIpc) is 2.78. The summed E-state index contributed by atoms with van der Waals surface area (Å²) in [6.07, 6.45) is 1.57. The van der Waals surface area contributed by atoms with Gasteiger partial charge in [0.2, 0.25) is 0 Å². The third kappa shape index (κ3) is 2.41. The first-order valence-electron chi connectivity index (χ1n) is 5.81. The van der Waals surface area contributed by atoms with Gasteiger partial charge >= 0.3 is 0 Å². The highest BCUT2D eigenvalue weighted by Crippen LogP contribution is 2.23. The predicted molar refractivity (Wildman–Crippen MR) is 69.9 cm³/mol. The molecule has 0 atom stereocenters. The molecule has 0 aliphatic carbocycles. The maximum Gasteiger partial charge on any atom is 0.292 e. The van der Waals surface area contributed by atoms with Gasteiger partial charge in [0.1, 0.15) is 12.0 Å². The van der Waals surface area contributed by atoms with Crippen molar-refractivity contribution in [1.82, 2.24) is 4.98 Å². The zero-order valence-electron chi connectivity index (χ0n) is 10.2. The van der Waals surface area contributed by atoms with E-state index in [0.717, 1.165) is 24.3 Å². The molecule has 2 aromatic rings. The number of nitrogens with zero attached hydrogens (tertiary/aromatic N) is 2. The van der Waals surface area contributed by atoms with Crippen molar-refractivity contribution >= 4 is 11.7 Å². The lowest BCUT2D eigenvalue weighted by Crippen LogP contribution is -2.21. The van der Waals surface area contributed by atoms with E-state index >= 15 is 0 Å². The highest BCUT2D eigenvalue weighted by molar-refractivity contribution is 5.63. The average molecular weight is 231 g/mol. The Hall–Kier alpha value is -1.97. The SMILES string of the molecule is CCN(CC)c1ccc(-c2coc(N)n2)cc1. The molecule has 0 saturated carbocycles. The largest absolute Gasteiger partial charge is 0.432 e. The molecule has 1 heterocycles. The molecule has 0 aliphatic heterocycles. The molecule has 0 spiro atoms. The first-order valence-corrected chi connectivity index (χ1v) is 5.81. The van der Waals surface area contributed by atoms with Crippen LogP contribution in [0.25, 0.3) is 11.3 Å². The molecule has 2 rings (SSSR count). The minimum Gasteiger partial charge on any atom is -0.432 e. The molecule has 0 aliphatic rings. The summed E-state index contributed by atoms with van der Waals surface area (Å²) < 4.78 is 5.00. The summed E-state index contributed by atoms with van der Waals surface area (Å²) >= 11 is 0. The van der Waals surface area contributed by atoms with Gasteiger partial charge < -0.3 is 15.1 Å². The van der Waals surface area contributed by atoms with Crippen LogP contribution < -0.4 is 10.6 Å². The third-order valence-corrected chi connectivity index (χ3v) is 2.81. The molecule has 0 amide bonds. The first kappa shape index (κ1) is 11.5. The summed E-state index contributed by atoms with van der Waals surface area (Å²) in [7, 11) is 0. The van der Waals surface area contributed by atoms with Gasteiger partial charge in [-0.25, -0.2) is 0 Å². The van der Waals surface area contributed by atoms with E-state index in [-0.39, 0.29) is 6.01 Å². The predicted octanol–water partition coefficient (Wildman–Crippen LogP) is 2.77. The molecule has 17 heavy (non-hydrogen) atoms. The lowest BCUT2D eigenvalue weighted by molar-refractivity contribution is 0.581. The van der Waals surface area contributed by atoms with Gasteiger partial charge in [-0.05, 0) is 26.0 Å². The fraction of sp³-hybridized carbons (Fsp3) is 0.308. The summed E-state index contributed by atoms with van der Waals surface area (Å²) in [6, 6.07) is 8.45. The molecule has 1 aromatic carbocycles. The van der Waals surface area contributed by atoms with Gasteiger partial charge in [-0.3, -0.25) is 0 Å². The number of nitrogen functional groups attached to an aromatic ring is 1. The summed E-state index contributed by atoms with van der Waals surface area (Å²) in [5, 5.41) is 0. The van der Waals surface area contributed by atoms with Crippen LogP contribution in [0.3, 0.4) is 0 Å². The highest BCUT2D eigenvalue weighted by atomic mass is 16.4. The van der Waals surface area contributed by atoms with Gasteiger partial charge in [-0.2, -0.15) is 4.98 Å². The fourth-order valence-corrected chi connectivity index (χ4v) is 1.85. The van der Waals surface area contributed by atoms with Gasteiger partial charge in [-0.1, -0.05) is 12.1 Å². The van der Waals surface area contributed by atoms with Crippen molar-refractivity contribution in [2.75, 3.05) is 23.7 Å². The van der Waals surface area contributed by atoms with Crippen LogP contribution in [0.4, 0.5) is 11.7 Å². The Kier molecular flexibility index (Phi) is 3.32. The summed E-state index contributed by atoms with van der Waals surface area (Å²) in [5.41, 5.74) is 8.46. The van der Waals surface area contributed by atoms with Crippen LogP contribution >= 0.6 is 0 Å². The molecule has 2 N–H and O–H groups in total. The molecule has 1 aromatic heterocycles. The van der Waals surface area contributed by atoms with Crippen LogP contribution in [0, 0.1) is 0 Å². The third-order valence-electron chi connectivity index (χ3n) is 2.81. The van der Waals surface area contributed by atoms with Crippen LogP contribution in [-0.2, 0) is 0 Å². The number of nitrogens with two attached hydrogens (primary N) is 1. The van der Waals surface area contributed by atoms with Crippen LogP contribution in [0.5, 0.6) is 0 Å². The number of oxazole rings is 1. The fourth-order valence-electron chi connectivity index (χ4n) is 1.85. The Morgan fingerprint density at radius 3 is 2.29 bits per heavy atom. The second kappa shape index (κ2) is 4.91. The van der Waals surface area contributed by atoms with Crippen molar-refractivity contribution in [2.45, 2.75) is 13.8 Å². The van der Waals surface area contributed by atoms with E-state index in [2.05, 4.69) is 35.9 Å². The number of aromatic nitrogens is 1. The zero-order valence-corrected chi connectivity index (χ0v) is 10.2. The molecule has 0 saturated heterocycles. The molecule has 0 unspecified atom stereocenters. The second-order valence-electron chi connectivity index (χ2n) is 3.79. The van der Waals surface area contributed by atoms with Crippen molar-refractivity contribution in [2.24, 2.45) is 0 Å². The minimum absolute atomic E-state index is 0.202. The maximum atomic E-state index is 5.45. The van der Waals surface area contributed by atoms with Gasteiger partial charge in [0.25, 0.3) is 6.01 Å². The molecule has 4 nitrogen and oxygen atoms in total. The van der Waals surface area contributed by atoms with E-state index in [4.69, 9.17) is 10.2 Å².